The number of hydrogen-bond donors (Lipinski definition) is 1. The molecule has 0 radical (unpaired) electrons. The summed E-state index contributed by atoms with van der Waals surface area (Å²) in [5.74, 6) is 0. The fourth-order valence-electron chi connectivity index (χ4n) is 1.69. The highest BCUT2D eigenvalue weighted by Gasteiger charge is 2.32. The molecular weight excluding hydrogens is 276 g/mol. The molecule has 0 saturated heterocycles. The predicted molar refractivity (Wildman–Crippen MR) is 77.8 cm³/mol. The van der Waals surface area contributed by atoms with Crippen LogP contribution in [0.15, 0.2) is 29.2 Å². The minimum absolute atomic E-state index is 0.0519. The maximum Gasteiger partial charge on any atom is 0.326 e. The maximum atomic E-state index is 12.3. The summed E-state index contributed by atoms with van der Waals surface area (Å²) >= 11 is 0. The molecule has 1 aromatic rings. The number of nitrogens with zero attached hydrogens (tertiary/aromatic N) is 3. The first-order valence-corrected chi connectivity index (χ1v) is 7.86. The fraction of sp³-hybridized carbons (Fsp3) is 0.538. The number of sulfonamides is 1. The summed E-state index contributed by atoms with van der Waals surface area (Å²) in [5.41, 5.74) is 6.32. The second kappa shape index (κ2) is 6.20. The summed E-state index contributed by atoms with van der Waals surface area (Å²) in [5, 5.41) is 11.7. The molecule has 0 bridgehead atoms. The lowest BCUT2D eigenvalue weighted by Gasteiger charge is -2.19. The third kappa shape index (κ3) is 3.68. The Balaban J connectivity index is 3.07. The van der Waals surface area contributed by atoms with Gasteiger partial charge in [-0.05, 0) is 36.1 Å². The van der Waals surface area contributed by atoms with E-state index in [-0.39, 0.29) is 16.9 Å². The highest BCUT2D eigenvalue weighted by atomic mass is 32.2. The summed E-state index contributed by atoms with van der Waals surface area (Å²) in [6, 6.07) is 6.59. The first-order valence-electron chi connectivity index (χ1n) is 6.42. The quantitative estimate of drug-likeness (QED) is 0.665. The second-order valence-electron chi connectivity index (χ2n) is 5.56. The van der Waals surface area contributed by atoms with Gasteiger partial charge in [0.2, 0.25) is 0 Å². The standard InChI is InChI=1S/C13H21N4O2S/c1-13(2,3)11-5-7-12(8-6-11)20(18,19)17(16-15)10-4-9-14/h5-8H,4,9-10,14H2,1-3H3/q+1. The highest BCUT2D eigenvalue weighted by Crippen LogP contribution is 2.24. The van der Waals surface area contributed by atoms with Crippen molar-refractivity contribution in [2.75, 3.05) is 13.1 Å². The van der Waals surface area contributed by atoms with Gasteiger partial charge in [0.15, 0.2) is 0 Å². The van der Waals surface area contributed by atoms with E-state index in [4.69, 9.17) is 11.1 Å². The zero-order valence-electron chi connectivity index (χ0n) is 12.1. The van der Waals surface area contributed by atoms with Crippen LogP contribution in [0.3, 0.4) is 0 Å². The minimum Gasteiger partial charge on any atom is -0.330 e. The van der Waals surface area contributed by atoms with Gasteiger partial charge in [-0.1, -0.05) is 32.9 Å². The maximum absolute atomic E-state index is 12.3. The van der Waals surface area contributed by atoms with Gasteiger partial charge in [0.25, 0.3) is 5.39 Å². The Morgan fingerprint density at radius 3 is 2.20 bits per heavy atom. The molecule has 0 spiro atoms. The largest absolute Gasteiger partial charge is 0.330 e. The van der Waals surface area contributed by atoms with Gasteiger partial charge in [-0.15, -0.1) is 0 Å². The predicted octanol–water partition coefficient (Wildman–Crippen LogP) is 2.09. The highest BCUT2D eigenvalue weighted by molar-refractivity contribution is 7.89. The molecule has 0 amide bonds. The molecule has 0 aliphatic rings. The van der Waals surface area contributed by atoms with E-state index >= 15 is 0 Å². The smallest absolute Gasteiger partial charge is 0.326 e. The van der Waals surface area contributed by atoms with E-state index in [1.807, 2.05) is 20.8 Å². The summed E-state index contributed by atoms with van der Waals surface area (Å²) in [6.45, 7) is 6.52. The SMILES string of the molecule is CC(C)(C)c1ccc(S(=O)(=O)N(CCCN)[N+]#N)cc1. The molecule has 1 rings (SSSR count). The van der Waals surface area contributed by atoms with Gasteiger partial charge in [0.05, 0.1) is 9.31 Å². The van der Waals surface area contributed by atoms with Gasteiger partial charge >= 0.3 is 15.1 Å². The Bertz CT molecular complexity index is 582. The lowest BCUT2D eigenvalue weighted by atomic mass is 9.87. The third-order valence-electron chi connectivity index (χ3n) is 2.95. The summed E-state index contributed by atoms with van der Waals surface area (Å²) in [7, 11) is -3.82. The van der Waals surface area contributed by atoms with Gasteiger partial charge in [0, 0.05) is 0 Å². The zero-order valence-corrected chi connectivity index (χ0v) is 12.9. The van der Waals surface area contributed by atoms with Gasteiger partial charge in [-0.25, -0.2) is 0 Å². The lowest BCUT2D eigenvalue weighted by molar-refractivity contribution is 0.482. The van der Waals surface area contributed by atoms with Crippen molar-refractivity contribution >= 4 is 10.0 Å². The van der Waals surface area contributed by atoms with E-state index in [0.29, 0.717) is 17.4 Å². The fourth-order valence-corrected chi connectivity index (χ4v) is 2.88. The molecule has 0 heterocycles. The van der Waals surface area contributed by atoms with E-state index < -0.39 is 10.0 Å². The van der Waals surface area contributed by atoms with Gasteiger partial charge in [-0.3, -0.25) is 0 Å². The summed E-state index contributed by atoms with van der Waals surface area (Å²) in [6.07, 6.45) is 0.420. The number of hydrogen-bond acceptors (Lipinski definition) is 4. The van der Waals surface area contributed by atoms with Crippen LogP contribution >= 0.6 is 0 Å². The first-order chi connectivity index (χ1) is 9.23. The average molecular weight is 297 g/mol. The lowest BCUT2D eigenvalue weighted by Crippen LogP contribution is -2.27. The van der Waals surface area contributed by atoms with Crippen LogP contribution in [0.5, 0.6) is 0 Å². The number of benzene rings is 1. The van der Waals surface area contributed by atoms with Crippen molar-refractivity contribution in [3.05, 3.63) is 34.9 Å². The Hall–Kier alpha value is -1.65. The molecule has 7 heteroatoms. The molecular formula is C13H21N4O2S+. The second-order valence-corrected chi connectivity index (χ2v) is 7.40. The average Bonchev–Trinajstić information content (AvgIpc) is 2.38. The molecule has 0 aliphatic carbocycles. The molecule has 0 saturated carbocycles. The van der Waals surface area contributed by atoms with Crippen LogP contribution in [-0.2, 0) is 15.4 Å². The molecule has 0 aliphatic heterocycles. The van der Waals surface area contributed by atoms with Crippen LogP contribution in [0, 0.1) is 5.39 Å². The van der Waals surface area contributed by atoms with Crippen LogP contribution in [0.4, 0.5) is 0 Å². The minimum atomic E-state index is -3.82. The van der Waals surface area contributed by atoms with Crippen LogP contribution in [0.25, 0.3) is 5.08 Å². The molecule has 2 N–H and O–H groups in total. The van der Waals surface area contributed by atoms with Crippen molar-refractivity contribution in [3.63, 3.8) is 0 Å². The number of rotatable bonds is 5. The summed E-state index contributed by atoms with van der Waals surface area (Å²) in [4.78, 5) is 0.0975. The van der Waals surface area contributed by atoms with Crippen LogP contribution < -0.4 is 5.73 Å². The van der Waals surface area contributed by atoms with Crippen molar-refractivity contribution < 1.29 is 8.42 Å². The third-order valence-corrected chi connectivity index (χ3v) is 4.63. The van der Waals surface area contributed by atoms with Crippen molar-refractivity contribution in [1.82, 2.24) is 4.41 Å². The van der Waals surface area contributed by atoms with Crippen molar-refractivity contribution in [3.8, 4) is 0 Å². The molecule has 0 aromatic heterocycles. The molecule has 1 aromatic carbocycles. The molecule has 0 unspecified atom stereocenters. The zero-order chi connectivity index (χ0) is 15.4. The number of diazo groups is 1. The Morgan fingerprint density at radius 1 is 1.25 bits per heavy atom. The Morgan fingerprint density at radius 2 is 1.80 bits per heavy atom. The van der Waals surface area contributed by atoms with Gasteiger partial charge in [0.1, 0.15) is 6.54 Å². The molecule has 6 nitrogen and oxygen atoms in total. The van der Waals surface area contributed by atoms with Crippen LogP contribution in [-0.4, -0.2) is 25.9 Å². The van der Waals surface area contributed by atoms with E-state index in [1.165, 1.54) is 12.1 Å². The Labute approximate surface area is 120 Å². The monoisotopic (exact) mass is 297 g/mol. The number of nitrogens with two attached hydrogens (primary N) is 1. The Kier molecular flexibility index (Phi) is 5.09. The summed E-state index contributed by atoms with van der Waals surface area (Å²) < 4.78 is 25.2. The molecule has 20 heavy (non-hydrogen) atoms. The van der Waals surface area contributed by atoms with Crippen LogP contribution in [0.1, 0.15) is 32.8 Å². The van der Waals surface area contributed by atoms with Crippen molar-refractivity contribution in [1.29, 1.82) is 5.39 Å². The van der Waals surface area contributed by atoms with Gasteiger partial charge in [-0.2, -0.15) is 8.42 Å². The van der Waals surface area contributed by atoms with Crippen LogP contribution in [0.2, 0.25) is 0 Å². The van der Waals surface area contributed by atoms with E-state index in [1.54, 1.807) is 12.1 Å². The van der Waals surface area contributed by atoms with E-state index in [0.717, 1.165) is 5.56 Å². The normalized spacial score (nSPS) is 11.9. The van der Waals surface area contributed by atoms with Gasteiger partial charge < -0.3 is 5.73 Å². The van der Waals surface area contributed by atoms with E-state index in [2.05, 4.69) is 5.08 Å². The molecule has 110 valence electrons. The van der Waals surface area contributed by atoms with Crippen molar-refractivity contribution in [2.45, 2.75) is 37.5 Å². The van der Waals surface area contributed by atoms with Crippen molar-refractivity contribution in [2.24, 2.45) is 5.73 Å². The van der Waals surface area contributed by atoms with E-state index in [9.17, 15) is 8.42 Å². The topological polar surface area (TPSA) is 91.6 Å². The molecule has 0 atom stereocenters. The molecule has 0 fully saturated rings. The first kappa shape index (κ1) is 16.4.